The summed E-state index contributed by atoms with van der Waals surface area (Å²) in [5.41, 5.74) is 1.05. The highest BCUT2D eigenvalue weighted by Crippen LogP contribution is 2.46. The molecule has 0 aromatic heterocycles. The normalized spacial score (nSPS) is 24.8. The minimum absolute atomic E-state index is 0.0340. The van der Waals surface area contributed by atoms with Crippen LogP contribution in [0.5, 0.6) is 0 Å². The number of carbonyl (C=O) groups excluding carboxylic acids is 2. The van der Waals surface area contributed by atoms with E-state index in [2.05, 4.69) is 5.32 Å². The number of carboxylic acids is 1. The van der Waals surface area contributed by atoms with E-state index >= 15 is 0 Å². The van der Waals surface area contributed by atoms with Crippen LogP contribution in [0, 0.1) is 11.3 Å². The van der Waals surface area contributed by atoms with Crippen molar-refractivity contribution in [2.24, 2.45) is 11.3 Å². The summed E-state index contributed by atoms with van der Waals surface area (Å²) in [6, 6.07) is 8.87. The predicted molar refractivity (Wildman–Crippen MR) is 121 cm³/mol. The standard InChI is InChI=1S/C25H36N2O5/c1-3-32-24(31)21(12-11-19-8-5-4-6-9-19)26-18(2)22(28)27-15-14-25(17-27)13-7-10-20(16-25)23(29)30/h4-6,8-9,18,20-21,26H,3,7,10-17H2,1-2H3,(H,29,30)/t18-,20-,21?,25?/m0/s1. The average Bonchev–Trinajstić information content (AvgIpc) is 3.19. The van der Waals surface area contributed by atoms with Gasteiger partial charge in [0, 0.05) is 13.1 Å². The van der Waals surface area contributed by atoms with Crippen LogP contribution in [0.4, 0.5) is 0 Å². The van der Waals surface area contributed by atoms with Gasteiger partial charge < -0.3 is 14.7 Å². The minimum Gasteiger partial charge on any atom is -0.481 e. The number of carboxylic acid groups (broad SMARTS) is 1. The SMILES string of the molecule is CCOC(=O)C(CCc1ccccc1)N[C@@H](C)C(=O)N1CCC2(CCC[C@H](C(=O)O)C2)C1. The smallest absolute Gasteiger partial charge is 0.323 e. The summed E-state index contributed by atoms with van der Waals surface area (Å²) in [4.78, 5) is 39.0. The quantitative estimate of drug-likeness (QED) is 0.569. The third-order valence-electron chi connectivity index (χ3n) is 7.00. The van der Waals surface area contributed by atoms with Crippen LogP contribution in [0.25, 0.3) is 0 Å². The summed E-state index contributed by atoms with van der Waals surface area (Å²) in [5.74, 6) is -1.40. The van der Waals surface area contributed by atoms with Gasteiger partial charge in [0.1, 0.15) is 6.04 Å². The number of esters is 1. The number of carbonyl (C=O) groups is 3. The van der Waals surface area contributed by atoms with Crippen molar-refractivity contribution in [2.45, 2.75) is 70.9 Å². The molecule has 1 aliphatic carbocycles. The fraction of sp³-hybridized carbons (Fsp3) is 0.640. The Kier molecular flexibility index (Phi) is 8.29. The first-order valence-electron chi connectivity index (χ1n) is 11.8. The van der Waals surface area contributed by atoms with E-state index in [1.54, 1.807) is 13.8 Å². The van der Waals surface area contributed by atoms with Gasteiger partial charge in [-0.25, -0.2) is 0 Å². The minimum atomic E-state index is -0.723. The highest BCUT2D eigenvalue weighted by molar-refractivity contribution is 5.83. The Balaban J connectivity index is 1.59. The maximum absolute atomic E-state index is 13.2. The second-order valence-electron chi connectivity index (χ2n) is 9.36. The van der Waals surface area contributed by atoms with Crippen molar-refractivity contribution in [3.63, 3.8) is 0 Å². The first-order valence-corrected chi connectivity index (χ1v) is 11.8. The molecule has 1 aromatic rings. The Hall–Kier alpha value is -2.41. The van der Waals surface area contributed by atoms with E-state index < -0.39 is 18.1 Å². The number of benzene rings is 1. The Morgan fingerprint density at radius 1 is 1.25 bits per heavy atom. The number of hydrogen-bond acceptors (Lipinski definition) is 5. The zero-order chi connectivity index (χ0) is 23.1. The molecule has 7 nitrogen and oxygen atoms in total. The maximum atomic E-state index is 13.2. The lowest BCUT2D eigenvalue weighted by Gasteiger charge is -2.36. The van der Waals surface area contributed by atoms with Gasteiger partial charge in [0.2, 0.25) is 5.91 Å². The predicted octanol–water partition coefficient (Wildman–Crippen LogP) is 3.02. The molecule has 1 aliphatic heterocycles. The lowest BCUT2D eigenvalue weighted by atomic mass is 9.69. The summed E-state index contributed by atoms with van der Waals surface area (Å²) >= 11 is 0. The van der Waals surface area contributed by atoms with E-state index in [1.807, 2.05) is 35.2 Å². The summed E-state index contributed by atoms with van der Waals surface area (Å²) < 4.78 is 5.24. The first kappa shape index (κ1) is 24.2. The van der Waals surface area contributed by atoms with Crippen molar-refractivity contribution in [1.29, 1.82) is 0 Å². The van der Waals surface area contributed by atoms with Gasteiger partial charge in [-0.2, -0.15) is 0 Å². The van der Waals surface area contributed by atoms with Crippen molar-refractivity contribution in [3.8, 4) is 0 Å². The topological polar surface area (TPSA) is 95.9 Å². The molecule has 32 heavy (non-hydrogen) atoms. The summed E-state index contributed by atoms with van der Waals surface area (Å²) in [5, 5.41) is 12.6. The third-order valence-corrected chi connectivity index (χ3v) is 7.00. The second kappa shape index (κ2) is 10.9. The zero-order valence-electron chi connectivity index (χ0n) is 19.2. The van der Waals surface area contributed by atoms with Gasteiger partial charge in [-0.1, -0.05) is 36.8 Å². The van der Waals surface area contributed by atoms with Crippen LogP contribution in [0.1, 0.15) is 57.9 Å². The molecule has 3 rings (SSSR count). The molecular weight excluding hydrogens is 408 g/mol. The molecule has 1 aromatic carbocycles. The number of ether oxygens (including phenoxy) is 1. The molecule has 0 bridgehead atoms. The molecule has 1 heterocycles. The monoisotopic (exact) mass is 444 g/mol. The Bertz CT molecular complexity index is 799. The zero-order valence-corrected chi connectivity index (χ0v) is 19.2. The number of nitrogens with one attached hydrogen (secondary N) is 1. The Labute approximate surface area is 190 Å². The van der Waals surface area contributed by atoms with Crippen molar-refractivity contribution < 1.29 is 24.2 Å². The van der Waals surface area contributed by atoms with Gasteiger partial charge >= 0.3 is 11.9 Å². The molecule has 2 fully saturated rings. The van der Waals surface area contributed by atoms with E-state index in [1.165, 1.54) is 0 Å². The van der Waals surface area contributed by atoms with Crippen molar-refractivity contribution >= 4 is 17.8 Å². The summed E-state index contributed by atoms with van der Waals surface area (Å²) in [6.07, 6.45) is 5.36. The molecule has 1 spiro atoms. The average molecular weight is 445 g/mol. The highest BCUT2D eigenvalue weighted by atomic mass is 16.5. The molecule has 1 amide bonds. The molecular formula is C25H36N2O5. The molecule has 0 radical (unpaired) electrons. The van der Waals surface area contributed by atoms with E-state index in [4.69, 9.17) is 4.74 Å². The van der Waals surface area contributed by atoms with Gasteiger partial charge in [-0.15, -0.1) is 0 Å². The number of likely N-dealkylation sites (tertiary alicyclic amines) is 1. The van der Waals surface area contributed by atoms with Crippen molar-refractivity contribution in [2.75, 3.05) is 19.7 Å². The van der Waals surface area contributed by atoms with E-state index in [0.29, 0.717) is 39.0 Å². The first-order chi connectivity index (χ1) is 15.3. The summed E-state index contributed by atoms with van der Waals surface area (Å²) in [6.45, 7) is 5.12. The van der Waals surface area contributed by atoms with E-state index in [0.717, 1.165) is 31.2 Å². The van der Waals surface area contributed by atoms with Gasteiger partial charge in [0.25, 0.3) is 0 Å². The van der Waals surface area contributed by atoms with E-state index in [9.17, 15) is 19.5 Å². The molecule has 1 saturated heterocycles. The third kappa shape index (κ3) is 6.09. The lowest BCUT2D eigenvalue weighted by molar-refractivity contribution is -0.146. The number of hydrogen-bond donors (Lipinski definition) is 2. The van der Waals surface area contributed by atoms with Gasteiger partial charge in [-0.3, -0.25) is 19.7 Å². The largest absolute Gasteiger partial charge is 0.481 e. The molecule has 2 aliphatic rings. The number of amides is 1. The van der Waals surface area contributed by atoms with Crippen LogP contribution >= 0.6 is 0 Å². The van der Waals surface area contributed by atoms with Gasteiger partial charge in [0.15, 0.2) is 0 Å². The number of aryl methyl sites for hydroxylation is 1. The summed E-state index contributed by atoms with van der Waals surface area (Å²) in [7, 11) is 0. The Morgan fingerprint density at radius 3 is 2.69 bits per heavy atom. The van der Waals surface area contributed by atoms with Crippen LogP contribution in [-0.2, 0) is 25.5 Å². The second-order valence-corrected chi connectivity index (χ2v) is 9.36. The van der Waals surface area contributed by atoms with Crippen LogP contribution in [0.15, 0.2) is 30.3 Å². The van der Waals surface area contributed by atoms with Crippen molar-refractivity contribution in [1.82, 2.24) is 10.2 Å². The Morgan fingerprint density at radius 2 is 2.00 bits per heavy atom. The lowest BCUT2D eigenvalue weighted by Crippen LogP contribution is -2.51. The van der Waals surface area contributed by atoms with E-state index in [-0.39, 0.29) is 23.2 Å². The number of rotatable bonds is 9. The fourth-order valence-electron chi connectivity index (χ4n) is 5.27. The van der Waals surface area contributed by atoms with Crippen LogP contribution in [0.3, 0.4) is 0 Å². The maximum Gasteiger partial charge on any atom is 0.323 e. The fourth-order valence-corrected chi connectivity index (χ4v) is 5.27. The molecule has 1 saturated carbocycles. The van der Waals surface area contributed by atoms with Crippen LogP contribution in [-0.4, -0.2) is 59.6 Å². The van der Waals surface area contributed by atoms with Gasteiger partial charge in [-0.05, 0) is 63.4 Å². The van der Waals surface area contributed by atoms with Crippen LogP contribution in [0.2, 0.25) is 0 Å². The van der Waals surface area contributed by atoms with Gasteiger partial charge in [0.05, 0.1) is 18.6 Å². The highest BCUT2D eigenvalue weighted by Gasteiger charge is 2.45. The van der Waals surface area contributed by atoms with Crippen LogP contribution < -0.4 is 5.32 Å². The number of aliphatic carboxylic acids is 1. The molecule has 176 valence electrons. The number of nitrogens with zero attached hydrogens (tertiary/aromatic N) is 1. The molecule has 4 atom stereocenters. The molecule has 7 heteroatoms. The van der Waals surface area contributed by atoms with Crippen molar-refractivity contribution in [3.05, 3.63) is 35.9 Å². The molecule has 2 N–H and O–H groups in total. The molecule has 2 unspecified atom stereocenters.